The topological polar surface area (TPSA) is 0 Å². The number of benzene rings is 1. The molecule has 1 aromatic rings. The maximum atomic E-state index is 2.28. The summed E-state index contributed by atoms with van der Waals surface area (Å²) in [5.41, 5.74) is 1.45. The zero-order chi connectivity index (χ0) is 8.27. The zero-order valence-electron chi connectivity index (χ0n) is 8.04. The van der Waals surface area contributed by atoms with Crippen LogP contribution in [0.3, 0.4) is 0 Å². The lowest BCUT2D eigenvalue weighted by Gasteiger charge is -2.15. The first-order valence-corrected chi connectivity index (χ1v) is 4.26. The lowest BCUT2D eigenvalue weighted by atomic mass is 9.91. The van der Waals surface area contributed by atoms with Gasteiger partial charge in [0, 0.05) is 0 Å². The van der Waals surface area contributed by atoms with E-state index < -0.39 is 0 Å². The fourth-order valence-corrected chi connectivity index (χ4v) is 1.14. The molecule has 0 saturated heterocycles. The molecule has 1 rings (SSSR count). The second-order valence-corrected chi connectivity index (χ2v) is 3.44. The zero-order valence-corrected chi connectivity index (χ0v) is 9.04. The molecule has 0 radical (unpaired) electrons. The smallest absolute Gasteiger partial charge is 0.0167 e. The molecule has 0 fully saturated rings. The lowest BCUT2D eigenvalue weighted by molar-refractivity contribution is 0.535. The van der Waals surface area contributed by atoms with Crippen molar-refractivity contribution in [3.63, 3.8) is 0 Å². The van der Waals surface area contributed by atoms with E-state index in [1.807, 2.05) is 0 Å². The van der Waals surface area contributed by atoms with Crippen LogP contribution in [0.15, 0.2) is 30.3 Å². The van der Waals surface area contributed by atoms with Crippen LogP contribution in [0.2, 0.25) is 0 Å². The first-order chi connectivity index (χ1) is 5.22. The van der Waals surface area contributed by atoms with Gasteiger partial charge in [-0.15, -0.1) is 0 Å². The summed E-state index contributed by atoms with van der Waals surface area (Å²) in [5.74, 6) is 1.41. The normalized spacial score (nSPS) is 12.3. The Morgan fingerprint density at radius 2 is 1.42 bits per heavy atom. The van der Waals surface area contributed by atoms with E-state index in [0.717, 1.165) is 5.92 Å². The summed E-state index contributed by atoms with van der Waals surface area (Å²) in [5, 5.41) is 0. The highest BCUT2D eigenvalue weighted by atomic mass is 32.1. The van der Waals surface area contributed by atoms with Crippen LogP contribution in [0.5, 0.6) is 0 Å². The molecule has 0 nitrogen and oxygen atoms in total. The molecule has 0 aliphatic rings. The van der Waals surface area contributed by atoms with Crippen molar-refractivity contribution in [1.29, 1.82) is 0 Å². The molecule has 12 heavy (non-hydrogen) atoms. The Bertz CT molecular complexity index is 204. The van der Waals surface area contributed by atoms with E-state index in [0.29, 0.717) is 5.92 Å². The molecule has 0 bridgehead atoms. The van der Waals surface area contributed by atoms with Crippen molar-refractivity contribution >= 4 is 13.5 Å². The predicted octanol–water partition coefficient (Wildman–Crippen LogP) is 3.56. The van der Waals surface area contributed by atoms with Crippen LogP contribution in [0, 0.1) is 5.92 Å². The Morgan fingerprint density at radius 3 is 1.83 bits per heavy atom. The highest BCUT2D eigenvalue weighted by Crippen LogP contribution is 2.22. The van der Waals surface area contributed by atoms with Gasteiger partial charge < -0.3 is 0 Å². The summed E-state index contributed by atoms with van der Waals surface area (Å²) in [4.78, 5) is 0. The van der Waals surface area contributed by atoms with Crippen LogP contribution in [0.25, 0.3) is 0 Å². The second-order valence-electron chi connectivity index (χ2n) is 3.44. The van der Waals surface area contributed by atoms with Crippen molar-refractivity contribution in [2.24, 2.45) is 5.92 Å². The average Bonchev–Trinajstić information content (AvgIpc) is 2.05. The molecule has 1 heteroatoms. The monoisotopic (exact) mass is 182 g/mol. The van der Waals surface area contributed by atoms with Gasteiger partial charge in [0.1, 0.15) is 0 Å². The van der Waals surface area contributed by atoms with Gasteiger partial charge in [-0.3, -0.25) is 0 Å². The van der Waals surface area contributed by atoms with Gasteiger partial charge in [-0.25, -0.2) is 0 Å². The Kier molecular flexibility index (Phi) is 5.07. The number of rotatable bonds is 2. The quantitative estimate of drug-likeness (QED) is 0.656. The molecule has 0 N–H and O–H groups in total. The second kappa shape index (κ2) is 5.26. The van der Waals surface area contributed by atoms with Gasteiger partial charge in [-0.1, -0.05) is 51.1 Å². The molecular weight excluding hydrogens is 164 g/mol. The van der Waals surface area contributed by atoms with Crippen LogP contribution in [0.1, 0.15) is 32.3 Å². The molecule has 1 atom stereocenters. The van der Waals surface area contributed by atoms with Crippen molar-refractivity contribution in [3.8, 4) is 0 Å². The van der Waals surface area contributed by atoms with Crippen LogP contribution in [0.4, 0.5) is 0 Å². The van der Waals surface area contributed by atoms with Crippen LogP contribution in [-0.2, 0) is 0 Å². The van der Waals surface area contributed by atoms with E-state index in [2.05, 4.69) is 51.1 Å². The van der Waals surface area contributed by atoms with Gasteiger partial charge in [0.2, 0.25) is 0 Å². The third kappa shape index (κ3) is 2.90. The Morgan fingerprint density at radius 1 is 0.917 bits per heavy atom. The van der Waals surface area contributed by atoms with Gasteiger partial charge in [0.25, 0.3) is 0 Å². The fraction of sp³-hybridized carbons (Fsp3) is 0.455. The van der Waals surface area contributed by atoms with Crippen molar-refractivity contribution in [1.82, 2.24) is 0 Å². The maximum absolute atomic E-state index is 2.28. The van der Waals surface area contributed by atoms with Crippen molar-refractivity contribution in [3.05, 3.63) is 35.9 Å². The first-order valence-electron chi connectivity index (χ1n) is 4.26. The minimum absolute atomic E-state index is 0. The van der Waals surface area contributed by atoms with Gasteiger partial charge >= 0.3 is 0 Å². The minimum Gasteiger partial charge on any atom is -0.197 e. The van der Waals surface area contributed by atoms with E-state index >= 15 is 0 Å². The fourth-order valence-electron chi connectivity index (χ4n) is 1.14. The van der Waals surface area contributed by atoms with Gasteiger partial charge in [-0.05, 0) is 17.4 Å². The van der Waals surface area contributed by atoms with Crippen LogP contribution >= 0.6 is 13.5 Å². The average molecular weight is 182 g/mol. The van der Waals surface area contributed by atoms with Crippen molar-refractivity contribution in [2.75, 3.05) is 0 Å². The van der Waals surface area contributed by atoms with Crippen molar-refractivity contribution in [2.45, 2.75) is 26.7 Å². The first kappa shape index (κ1) is 11.6. The summed E-state index contributed by atoms with van der Waals surface area (Å²) < 4.78 is 0. The van der Waals surface area contributed by atoms with Gasteiger partial charge in [0.05, 0.1) is 0 Å². The molecule has 1 unspecified atom stereocenters. The molecule has 0 aliphatic heterocycles. The van der Waals surface area contributed by atoms with E-state index in [4.69, 9.17) is 0 Å². The molecule has 0 saturated carbocycles. The Hall–Kier alpha value is -0.430. The van der Waals surface area contributed by atoms with E-state index in [1.165, 1.54) is 5.56 Å². The molecule has 0 spiro atoms. The molecule has 0 heterocycles. The van der Waals surface area contributed by atoms with Crippen LogP contribution in [-0.4, -0.2) is 0 Å². The summed E-state index contributed by atoms with van der Waals surface area (Å²) in [6, 6.07) is 10.7. The highest BCUT2D eigenvalue weighted by Gasteiger charge is 2.07. The summed E-state index contributed by atoms with van der Waals surface area (Å²) in [6.07, 6.45) is 0. The molecule has 0 aliphatic carbocycles. The van der Waals surface area contributed by atoms with Crippen LogP contribution < -0.4 is 0 Å². The largest absolute Gasteiger partial charge is 0.197 e. The molecular formula is C11H18S. The SMILES string of the molecule is CC(C)C(C)c1ccccc1.S. The van der Waals surface area contributed by atoms with Gasteiger partial charge in [-0.2, -0.15) is 13.5 Å². The minimum atomic E-state index is 0. The summed E-state index contributed by atoms with van der Waals surface area (Å²) in [6.45, 7) is 6.80. The predicted molar refractivity (Wildman–Crippen MR) is 60.1 cm³/mol. The summed E-state index contributed by atoms with van der Waals surface area (Å²) in [7, 11) is 0. The molecule has 1 aromatic carbocycles. The third-order valence-corrected chi connectivity index (χ3v) is 2.33. The molecule has 68 valence electrons. The molecule has 0 aromatic heterocycles. The number of hydrogen-bond donors (Lipinski definition) is 0. The standard InChI is InChI=1S/C11H16.H2S/c1-9(2)10(3)11-7-5-4-6-8-11;/h4-10H,1-3H3;1H2. The van der Waals surface area contributed by atoms with Crippen molar-refractivity contribution < 1.29 is 0 Å². The summed E-state index contributed by atoms with van der Waals surface area (Å²) >= 11 is 0. The Labute approximate surface area is 82.4 Å². The van der Waals surface area contributed by atoms with E-state index in [9.17, 15) is 0 Å². The molecule has 0 amide bonds. The Balaban J connectivity index is 0.00000121. The highest BCUT2D eigenvalue weighted by molar-refractivity contribution is 7.59. The lowest BCUT2D eigenvalue weighted by Crippen LogP contribution is -2.00. The van der Waals surface area contributed by atoms with E-state index in [-0.39, 0.29) is 13.5 Å². The number of hydrogen-bond acceptors (Lipinski definition) is 0. The third-order valence-electron chi connectivity index (χ3n) is 2.33. The van der Waals surface area contributed by atoms with E-state index in [1.54, 1.807) is 0 Å². The van der Waals surface area contributed by atoms with Gasteiger partial charge in [0.15, 0.2) is 0 Å². The maximum Gasteiger partial charge on any atom is -0.0167 e.